The van der Waals surface area contributed by atoms with Crippen LogP contribution in [0.1, 0.15) is 20.7 Å². The normalized spacial score (nSPS) is 11.0. The topological polar surface area (TPSA) is 129 Å². The molecule has 0 aromatic heterocycles. The summed E-state index contributed by atoms with van der Waals surface area (Å²) in [6.07, 6.45) is 0. The van der Waals surface area contributed by atoms with Gasteiger partial charge in [0.15, 0.2) is 0 Å². The Kier molecular flexibility index (Phi) is 7.66. The zero-order valence-electron chi connectivity index (χ0n) is 18.7. The molecule has 4 rings (SSSR count). The molecule has 0 aliphatic heterocycles. The predicted molar refractivity (Wildman–Crippen MR) is 137 cm³/mol. The van der Waals surface area contributed by atoms with E-state index in [1.165, 1.54) is 0 Å². The second kappa shape index (κ2) is 11.0. The molecule has 176 valence electrons. The minimum atomic E-state index is -4.68. The van der Waals surface area contributed by atoms with Gasteiger partial charge in [-0.15, -0.1) is 0 Å². The number of hydrogen-bond acceptors (Lipinski definition) is 6. The molecule has 0 bridgehead atoms. The Morgan fingerprint density at radius 2 is 0.886 bits per heavy atom. The molecule has 0 fully saturated rings. The monoisotopic (exact) mass is 576 g/mol. The molecule has 0 saturated carbocycles. The summed E-state index contributed by atoms with van der Waals surface area (Å²) in [5.74, 6) is -0.933. The Labute approximate surface area is 207 Å². The van der Waals surface area contributed by atoms with E-state index in [2.05, 4.69) is 11.0 Å². The maximum absolute atomic E-state index is 12.9. The van der Waals surface area contributed by atoms with E-state index in [0.717, 1.165) is 7.16 Å². The average molecular weight is 575 g/mol. The molecule has 0 atom stereocenters. The molecule has 2 amide bonds. The fourth-order valence-electron chi connectivity index (χ4n) is 3.36. The van der Waals surface area contributed by atoms with Gasteiger partial charge in [0.25, 0.3) is 0 Å². The van der Waals surface area contributed by atoms with Crippen LogP contribution in [0.4, 0.5) is 11.4 Å². The Morgan fingerprint density at radius 1 is 0.543 bits per heavy atom. The van der Waals surface area contributed by atoms with Gasteiger partial charge in [-0.3, -0.25) is 0 Å². The van der Waals surface area contributed by atoms with Crippen LogP contribution >= 0.6 is 0 Å². The van der Waals surface area contributed by atoms with E-state index >= 15 is 0 Å². The van der Waals surface area contributed by atoms with Crippen molar-refractivity contribution in [2.75, 3.05) is 11.5 Å². The van der Waals surface area contributed by atoms with Gasteiger partial charge < -0.3 is 0 Å². The summed E-state index contributed by atoms with van der Waals surface area (Å²) in [7, 11) is 0. The zero-order valence-corrected chi connectivity index (χ0v) is 21.5. The maximum atomic E-state index is 12.9. The van der Waals surface area contributed by atoms with Crippen molar-refractivity contribution < 1.29 is 15.9 Å². The van der Waals surface area contributed by atoms with Gasteiger partial charge in [-0.25, -0.2) is 0 Å². The predicted octanol–water partition coefficient (Wildman–Crippen LogP) is 2.13. The molecule has 0 radical (unpaired) electrons. The number of nitrogens with two attached hydrogens (primary N) is 2. The van der Waals surface area contributed by atoms with E-state index in [-0.39, 0.29) is 0 Å². The number of anilines is 2. The fourth-order valence-corrected chi connectivity index (χ4v) is 10.7. The SMILES string of the molecule is Nc1ccc(C(=O)N[O][Sn]([O]NC(=O)c2ccc(N)cc2)([c]2ccccc2)[c]2ccccc2)cc1. The number of benzene rings is 4. The standard InChI is InChI=1S/2C7H7N2O2.2C6H5.Sn/c2*8-6-3-1-5(2-4-6)7(10)9-11;2*1-2-4-6-5-3-1;/h2*1-4H,(H3-,8,9,10,11);2*1-5H;/q2*-1;;;+2. The van der Waals surface area contributed by atoms with E-state index < -0.39 is 31.0 Å². The first kappa shape index (κ1) is 24.3. The molecule has 0 aliphatic rings. The molecule has 0 heterocycles. The van der Waals surface area contributed by atoms with Gasteiger partial charge in [-0.05, 0) is 0 Å². The van der Waals surface area contributed by atoms with E-state index in [1.807, 2.05) is 60.7 Å². The third-order valence-corrected chi connectivity index (χ3v) is 13.7. The van der Waals surface area contributed by atoms with E-state index in [4.69, 9.17) is 17.8 Å². The number of carbonyl (C=O) groups excluding carboxylic acids is 2. The second-order valence-electron chi connectivity index (χ2n) is 7.66. The van der Waals surface area contributed by atoms with Gasteiger partial charge in [0, 0.05) is 0 Å². The third kappa shape index (κ3) is 5.80. The van der Waals surface area contributed by atoms with Crippen LogP contribution in [-0.2, 0) is 6.35 Å². The van der Waals surface area contributed by atoms with Crippen LogP contribution in [0.2, 0.25) is 0 Å². The number of hydrogen-bond donors (Lipinski definition) is 4. The van der Waals surface area contributed by atoms with E-state index in [0.29, 0.717) is 22.5 Å². The first-order valence-electron chi connectivity index (χ1n) is 10.8. The molecule has 8 nitrogen and oxygen atoms in total. The Morgan fingerprint density at radius 3 is 1.23 bits per heavy atom. The summed E-state index contributed by atoms with van der Waals surface area (Å²) in [5, 5.41) is 0. The summed E-state index contributed by atoms with van der Waals surface area (Å²) in [6.45, 7) is 0. The summed E-state index contributed by atoms with van der Waals surface area (Å²) in [5.41, 5.74) is 18.4. The van der Waals surface area contributed by atoms with E-state index in [1.54, 1.807) is 48.5 Å². The van der Waals surface area contributed by atoms with Gasteiger partial charge in [0.2, 0.25) is 0 Å². The second-order valence-corrected chi connectivity index (χ2v) is 15.6. The van der Waals surface area contributed by atoms with Crippen molar-refractivity contribution in [2.45, 2.75) is 0 Å². The summed E-state index contributed by atoms with van der Waals surface area (Å²) < 4.78 is 13.8. The summed E-state index contributed by atoms with van der Waals surface area (Å²) in [4.78, 5) is 25.7. The Bertz CT molecular complexity index is 1180. The van der Waals surface area contributed by atoms with Crippen molar-refractivity contribution in [3.05, 3.63) is 120 Å². The van der Waals surface area contributed by atoms with Crippen molar-refractivity contribution in [3.8, 4) is 0 Å². The first-order chi connectivity index (χ1) is 17.0. The van der Waals surface area contributed by atoms with Crippen molar-refractivity contribution in [3.63, 3.8) is 0 Å². The van der Waals surface area contributed by atoms with Gasteiger partial charge in [-0.2, -0.15) is 0 Å². The molecule has 6 N–H and O–H groups in total. The number of amides is 2. The molecule has 0 spiro atoms. The van der Waals surface area contributed by atoms with Crippen molar-refractivity contribution in [1.29, 1.82) is 0 Å². The van der Waals surface area contributed by atoms with Gasteiger partial charge in [0.1, 0.15) is 0 Å². The molecule has 9 heteroatoms. The number of hydroxylamine groups is 2. The molecule has 0 aliphatic carbocycles. The summed E-state index contributed by atoms with van der Waals surface area (Å²) >= 11 is -4.68. The van der Waals surface area contributed by atoms with E-state index in [9.17, 15) is 9.59 Å². The number of nitrogen functional groups attached to an aromatic ring is 2. The van der Waals surface area contributed by atoms with Crippen LogP contribution in [0, 0.1) is 0 Å². The molecular weight excluding hydrogens is 551 g/mol. The fraction of sp³-hybridized carbons (Fsp3) is 0. The average Bonchev–Trinajstić information content (AvgIpc) is 2.90. The quantitative estimate of drug-likeness (QED) is 0.145. The van der Waals surface area contributed by atoms with Gasteiger partial charge >= 0.3 is 208 Å². The van der Waals surface area contributed by atoms with Crippen LogP contribution in [0.15, 0.2) is 109 Å². The number of nitrogens with one attached hydrogen (secondary N) is 2. The molecular formula is C26H24N4O4Sn. The van der Waals surface area contributed by atoms with Gasteiger partial charge in [-0.1, -0.05) is 0 Å². The van der Waals surface area contributed by atoms with Crippen molar-refractivity contribution >= 4 is 49.6 Å². The van der Waals surface area contributed by atoms with Crippen molar-refractivity contribution in [1.82, 2.24) is 11.0 Å². The molecule has 0 unspecified atom stereocenters. The minimum absolute atomic E-state index is 0.367. The molecule has 4 aromatic carbocycles. The zero-order chi connectivity index (χ0) is 24.7. The summed E-state index contributed by atoms with van der Waals surface area (Å²) in [6, 6.07) is 31.4. The Hall–Kier alpha value is -3.86. The molecule has 0 saturated heterocycles. The Balaban J connectivity index is 1.67. The van der Waals surface area contributed by atoms with Gasteiger partial charge in [0.05, 0.1) is 0 Å². The number of carbonyl (C=O) groups is 2. The molecule has 35 heavy (non-hydrogen) atoms. The third-order valence-electron chi connectivity index (χ3n) is 5.23. The van der Waals surface area contributed by atoms with Crippen LogP contribution in [0.25, 0.3) is 0 Å². The molecule has 4 aromatic rings. The van der Waals surface area contributed by atoms with Crippen LogP contribution < -0.4 is 29.6 Å². The van der Waals surface area contributed by atoms with Crippen LogP contribution in [-0.4, -0.2) is 31.0 Å². The van der Waals surface area contributed by atoms with Crippen LogP contribution in [0.5, 0.6) is 0 Å². The first-order valence-corrected chi connectivity index (χ1v) is 16.0. The van der Waals surface area contributed by atoms with Crippen molar-refractivity contribution in [2.24, 2.45) is 0 Å². The van der Waals surface area contributed by atoms with Crippen LogP contribution in [0.3, 0.4) is 0 Å². The number of rotatable bonds is 8.